The Labute approximate surface area is 294 Å². The maximum atomic E-state index is 7.59. The van der Waals surface area contributed by atoms with Crippen molar-refractivity contribution < 1.29 is 18.0 Å². The molecule has 4 saturated carbocycles. The zero-order chi connectivity index (χ0) is 35.6. The highest BCUT2D eigenvalue weighted by atomic mass is 28.4. The molecule has 0 unspecified atom stereocenters. The molecule has 0 aromatic heterocycles. The molecule has 0 bridgehead atoms. The first-order valence-electron chi connectivity index (χ1n) is 19.4. The van der Waals surface area contributed by atoms with Crippen molar-refractivity contribution in [2.75, 3.05) is 13.7 Å². The van der Waals surface area contributed by atoms with Gasteiger partial charge in [-0.15, -0.1) is 0 Å². The molecular formula is C40H76O4Si3. The second-order valence-corrected chi connectivity index (χ2v) is 36.3. The molecule has 0 heterocycles. The average molecular weight is 705 g/mol. The Kier molecular flexibility index (Phi) is 9.40. The predicted octanol–water partition coefficient (Wildman–Crippen LogP) is 12.0. The molecule has 0 aromatic rings. The molecule has 5 rings (SSSR count). The van der Waals surface area contributed by atoms with Gasteiger partial charge < -0.3 is 18.0 Å². The number of ether oxygens (including phenoxy) is 1. The van der Waals surface area contributed by atoms with E-state index in [1.807, 2.05) is 7.11 Å². The van der Waals surface area contributed by atoms with Crippen LogP contribution in [0.3, 0.4) is 0 Å². The van der Waals surface area contributed by atoms with Crippen LogP contribution in [0.5, 0.6) is 0 Å². The summed E-state index contributed by atoms with van der Waals surface area (Å²) >= 11 is 0. The van der Waals surface area contributed by atoms with Crippen molar-refractivity contribution in [2.45, 2.75) is 188 Å². The van der Waals surface area contributed by atoms with Gasteiger partial charge in [-0.25, -0.2) is 0 Å². The molecule has 4 nitrogen and oxygen atoms in total. The molecule has 0 aliphatic heterocycles. The highest BCUT2D eigenvalue weighted by molar-refractivity contribution is 6.75. The molecule has 5 aliphatic rings. The average Bonchev–Trinajstić information content (AvgIpc) is 3.46. The minimum absolute atomic E-state index is 0.0450. The van der Waals surface area contributed by atoms with Crippen LogP contribution in [0.15, 0.2) is 11.3 Å². The van der Waals surface area contributed by atoms with Crippen molar-refractivity contribution in [2.24, 2.45) is 39.9 Å². The van der Waals surface area contributed by atoms with E-state index in [1.54, 1.807) is 5.57 Å². The second-order valence-electron chi connectivity index (χ2n) is 22.0. The molecule has 5 aliphatic carbocycles. The summed E-state index contributed by atoms with van der Waals surface area (Å²) in [6.07, 6.45) is 9.32. The van der Waals surface area contributed by atoms with E-state index in [1.165, 1.54) is 44.3 Å². The molecule has 0 N–H and O–H groups in total. The monoisotopic (exact) mass is 705 g/mol. The summed E-state index contributed by atoms with van der Waals surface area (Å²) in [7, 11) is -4.13. The van der Waals surface area contributed by atoms with Gasteiger partial charge in [0.05, 0.1) is 24.6 Å². The first-order chi connectivity index (χ1) is 21.1. The third-order valence-electron chi connectivity index (χ3n) is 16.6. The normalized spacial score (nSPS) is 38.5. The fourth-order valence-corrected chi connectivity index (χ4v) is 13.9. The Morgan fingerprint density at radius 1 is 0.787 bits per heavy atom. The minimum atomic E-state index is -2.09. The van der Waals surface area contributed by atoms with Gasteiger partial charge in [0.25, 0.3) is 0 Å². The van der Waals surface area contributed by atoms with Gasteiger partial charge >= 0.3 is 0 Å². The molecule has 9 atom stereocenters. The van der Waals surface area contributed by atoms with Gasteiger partial charge in [-0.05, 0) is 127 Å². The largest absolute Gasteiger partial charge is 0.547 e. The molecule has 0 saturated heterocycles. The maximum Gasteiger partial charge on any atom is 0.250 e. The summed E-state index contributed by atoms with van der Waals surface area (Å²) in [5, 5.41) is 0.449. The van der Waals surface area contributed by atoms with Crippen molar-refractivity contribution >= 4 is 25.0 Å². The van der Waals surface area contributed by atoms with Crippen LogP contribution in [0.4, 0.5) is 0 Å². The van der Waals surface area contributed by atoms with Crippen molar-refractivity contribution in [1.82, 2.24) is 0 Å². The van der Waals surface area contributed by atoms with E-state index in [2.05, 4.69) is 115 Å². The van der Waals surface area contributed by atoms with Gasteiger partial charge in [0.1, 0.15) is 0 Å². The Bertz CT molecular complexity index is 1240. The summed E-state index contributed by atoms with van der Waals surface area (Å²) in [5.41, 5.74) is 2.52. The lowest BCUT2D eigenvalue weighted by atomic mass is 9.46. The van der Waals surface area contributed by atoms with E-state index >= 15 is 0 Å². The standard InChI is InChI=1S/C40H76O4Si3/c1-35(2,3)45(13,14)42-26-32(44-47(17,18)37(7,8)9)30-24-31(43-46(15,16)36(4,5)6)34-28-23-33(41-12)40-25-27(40)19-22-39(40,11)29(28)20-21-38(30,34)10/h27-30,32-33H,19-26H2,1-18H3/t27-,28-,29+,30+,32-,33-,38-,39-,40+/m1/s1. The third-order valence-corrected chi connectivity index (χ3v) is 30.0. The van der Waals surface area contributed by atoms with Gasteiger partial charge in [0.15, 0.2) is 16.6 Å². The van der Waals surface area contributed by atoms with Crippen molar-refractivity contribution in [3.05, 3.63) is 11.3 Å². The van der Waals surface area contributed by atoms with Crippen LogP contribution in [0.1, 0.15) is 121 Å². The number of fused-ring (bicyclic) bond motifs is 4. The lowest BCUT2D eigenvalue weighted by Crippen LogP contribution is -2.56. The fourth-order valence-electron chi connectivity index (χ4n) is 10.5. The predicted molar refractivity (Wildman–Crippen MR) is 206 cm³/mol. The lowest BCUT2D eigenvalue weighted by Gasteiger charge is -2.59. The quantitative estimate of drug-likeness (QED) is 0.224. The van der Waals surface area contributed by atoms with Crippen molar-refractivity contribution in [3.8, 4) is 0 Å². The molecule has 0 aromatic carbocycles. The number of methoxy groups -OCH3 is 1. The zero-order valence-electron chi connectivity index (χ0n) is 34.3. The Hall–Kier alpha value is 0.0706. The first-order valence-corrected chi connectivity index (χ1v) is 28.1. The Morgan fingerprint density at radius 3 is 1.87 bits per heavy atom. The number of allylic oxidation sites excluding steroid dienone is 2. The van der Waals surface area contributed by atoms with E-state index in [0.29, 0.717) is 35.4 Å². The summed E-state index contributed by atoms with van der Waals surface area (Å²) < 4.78 is 28.8. The van der Waals surface area contributed by atoms with E-state index in [4.69, 9.17) is 18.0 Å². The molecule has 272 valence electrons. The number of hydrogen-bond acceptors (Lipinski definition) is 4. The van der Waals surface area contributed by atoms with Gasteiger partial charge in [-0.1, -0.05) is 76.2 Å². The van der Waals surface area contributed by atoms with E-state index in [-0.39, 0.29) is 26.6 Å². The highest BCUT2D eigenvalue weighted by Gasteiger charge is 2.77. The summed E-state index contributed by atoms with van der Waals surface area (Å²) in [4.78, 5) is 0. The second kappa shape index (κ2) is 11.5. The molecule has 0 radical (unpaired) electrons. The Morgan fingerprint density at radius 2 is 1.36 bits per heavy atom. The van der Waals surface area contributed by atoms with Gasteiger partial charge in [0.2, 0.25) is 8.32 Å². The van der Waals surface area contributed by atoms with Crippen molar-refractivity contribution in [1.29, 1.82) is 0 Å². The highest BCUT2D eigenvalue weighted by Crippen LogP contribution is 2.82. The molecule has 7 heteroatoms. The summed E-state index contributed by atoms with van der Waals surface area (Å²) in [5.74, 6) is 3.86. The SMILES string of the molecule is CO[C@@H]1C[C@H]2C3=C(O[Si](C)(C)C(C)(C)C)C[C@@H]([C@@H](CO[Si](C)(C)C(C)(C)C)O[Si](C)(C)C(C)(C)C)[C@@]3(C)CC[C@@H]2[C@@]2(C)CC[C@@H]3C[C@]312. The number of hydrogen-bond donors (Lipinski definition) is 0. The molecule has 4 fully saturated rings. The maximum absolute atomic E-state index is 7.59. The molecule has 0 amide bonds. The smallest absolute Gasteiger partial charge is 0.250 e. The van der Waals surface area contributed by atoms with Crippen molar-refractivity contribution in [3.63, 3.8) is 0 Å². The van der Waals surface area contributed by atoms with Crippen LogP contribution in [0.25, 0.3) is 0 Å². The van der Waals surface area contributed by atoms with Gasteiger partial charge in [0, 0.05) is 24.9 Å². The van der Waals surface area contributed by atoms with Crippen LogP contribution >= 0.6 is 0 Å². The van der Waals surface area contributed by atoms with E-state index in [0.717, 1.165) is 18.3 Å². The van der Waals surface area contributed by atoms with Crippen LogP contribution in [0.2, 0.25) is 54.4 Å². The third kappa shape index (κ3) is 5.91. The Balaban J connectivity index is 1.60. The zero-order valence-corrected chi connectivity index (χ0v) is 37.3. The molecule has 1 spiro atoms. The molecule has 47 heavy (non-hydrogen) atoms. The molecular weight excluding hydrogens is 629 g/mol. The minimum Gasteiger partial charge on any atom is -0.547 e. The van der Waals surface area contributed by atoms with Crippen LogP contribution in [0, 0.1) is 39.9 Å². The van der Waals surface area contributed by atoms with Gasteiger partial charge in [-0.3, -0.25) is 0 Å². The summed E-state index contributed by atoms with van der Waals surface area (Å²) in [6.45, 7) is 42.1. The topological polar surface area (TPSA) is 36.9 Å². The fraction of sp³-hybridized carbons (Fsp3) is 0.950. The van der Waals surface area contributed by atoms with Crippen LogP contribution in [-0.2, 0) is 18.0 Å². The van der Waals surface area contributed by atoms with E-state index < -0.39 is 25.0 Å². The van der Waals surface area contributed by atoms with Crippen LogP contribution in [-0.4, -0.2) is 50.9 Å². The van der Waals surface area contributed by atoms with E-state index in [9.17, 15) is 0 Å². The van der Waals surface area contributed by atoms with Crippen LogP contribution < -0.4 is 0 Å². The lowest BCUT2D eigenvalue weighted by molar-refractivity contribution is -0.126. The number of rotatable bonds is 9. The first kappa shape index (κ1) is 38.3. The van der Waals surface area contributed by atoms with Gasteiger partial charge in [-0.2, -0.15) is 0 Å². The summed E-state index contributed by atoms with van der Waals surface area (Å²) in [6, 6.07) is 0.